The number of carbonyl (C=O) groups excluding carboxylic acids is 2. The van der Waals surface area contributed by atoms with Crippen LogP contribution >= 0.6 is 0 Å². The molecule has 2 fully saturated rings. The van der Waals surface area contributed by atoms with Crippen molar-refractivity contribution in [3.8, 4) is 0 Å². The molecule has 0 aromatic heterocycles. The molecule has 0 aromatic rings. The minimum Gasteiger partial charge on any atom is -0.316 e. The third-order valence-corrected chi connectivity index (χ3v) is 2.84. The summed E-state index contributed by atoms with van der Waals surface area (Å²) in [4.78, 5) is 23.6. The van der Waals surface area contributed by atoms with E-state index in [1.165, 1.54) is 6.42 Å². The van der Waals surface area contributed by atoms with E-state index in [1.54, 1.807) is 4.90 Å². The first-order valence-corrected chi connectivity index (χ1v) is 5.05. The molecule has 2 N–H and O–H groups in total. The number of rotatable bonds is 3. The monoisotopic (exact) mass is 197 g/mol. The molecular formula is C9H15N3O2. The molecule has 2 saturated heterocycles. The number of urea groups is 1. The zero-order valence-corrected chi connectivity index (χ0v) is 8.08. The lowest BCUT2D eigenvalue weighted by Crippen LogP contribution is -2.30. The van der Waals surface area contributed by atoms with Gasteiger partial charge >= 0.3 is 6.03 Å². The van der Waals surface area contributed by atoms with E-state index in [4.69, 9.17) is 0 Å². The van der Waals surface area contributed by atoms with Gasteiger partial charge in [-0.3, -0.25) is 10.1 Å². The number of amides is 3. The lowest BCUT2D eigenvalue weighted by atomic mass is 10.1. The summed E-state index contributed by atoms with van der Waals surface area (Å²) in [7, 11) is 0. The van der Waals surface area contributed by atoms with Gasteiger partial charge < -0.3 is 10.2 Å². The smallest absolute Gasteiger partial charge is 0.316 e. The summed E-state index contributed by atoms with van der Waals surface area (Å²) in [6, 6.07) is -0.235. The van der Waals surface area contributed by atoms with Crippen LogP contribution in [0.5, 0.6) is 0 Å². The van der Waals surface area contributed by atoms with Gasteiger partial charge in [-0.25, -0.2) is 4.79 Å². The zero-order chi connectivity index (χ0) is 9.97. The summed E-state index contributed by atoms with van der Waals surface area (Å²) in [6.07, 6.45) is 2.18. The van der Waals surface area contributed by atoms with Crippen molar-refractivity contribution in [3.63, 3.8) is 0 Å². The maximum Gasteiger partial charge on any atom is 0.324 e. The average molecular weight is 197 g/mol. The van der Waals surface area contributed by atoms with Gasteiger partial charge in [-0.2, -0.15) is 0 Å². The molecule has 5 heteroatoms. The summed E-state index contributed by atoms with van der Waals surface area (Å²) in [5.74, 6) is 0.484. The van der Waals surface area contributed by atoms with Crippen molar-refractivity contribution in [2.75, 3.05) is 26.2 Å². The van der Waals surface area contributed by atoms with Crippen LogP contribution in [0.3, 0.4) is 0 Å². The van der Waals surface area contributed by atoms with Crippen LogP contribution in [-0.2, 0) is 4.79 Å². The second kappa shape index (κ2) is 3.96. The molecule has 1 atom stereocenters. The van der Waals surface area contributed by atoms with Gasteiger partial charge in [0.05, 0.1) is 0 Å². The Balaban J connectivity index is 1.74. The number of hydrogen-bond acceptors (Lipinski definition) is 3. The quantitative estimate of drug-likeness (QED) is 0.602. The summed E-state index contributed by atoms with van der Waals surface area (Å²) < 4.78 is 0. The van der Waals surface area contributed by atoms with Crippen LogP contribution in [0, 0.1) is 5.92 Å². The standard InChI is InChI=1S/C9H15N3O2/c13-8-6-12(9(14)11-8)4-2-7-1-3-10-5-7/h7,10H,1-6H2,(H,11,13,14). The minimum absolute atomic E-state index is 0.181. The number of hydrogen-bond donors (Lipinski definition) is 2. The second-order valence-corrected chi connectivity index (χ2v) is 3.92. The van der Waals surface area contributed by atoms with Gasteiger partial charge in [0.25, 0.3) is 0 Å². The molecule has 2 aliphatic heterocycles. The van der Waals surface area contributed by atoms with Gasteiger partial charge in [-0.1, -0.05) is 0 Å². The first kappa shape index (κ1) is 9.45. The first-order valence-electron chi connectivity index (χ1n) is 5.05. The average Bonchev–Trinajstić information content (AvgIpc) is 2.72. The van der Waals surface area contributed by atoms with Crippen LogP contribution < -0.4 is 10.6 Å². The molecule has 3 amide bonds. The zero-order valence-electron chi connectivity index (χ0n) is 8.08. The van der Waals surface area contributed by atoms with E-state index in [9.17, 15) is 9.59 Å². The molecule has 5 nitrogen and oxygen atoms in total. The SMILES string of the molecule is O=C1CN(CCC2CCNC2)C(=O)N1. The van der Waals surface area contributed by atoms with Crippen molar-refractivity contribution in [2.45, 2.75) is 12.8 Å². The Kier molecular flexibility index (Phi) is 2.67. The molecule has 2 heterocycles. The highest BCUT2D eigenvalue weighted by Crippen LogP contribution is 2.13. The van der Waals surface area contributed by atoms with Crippen LogP contribution in [-0.4, -0.2) is 43.0 Å². The van der Waals surface area contributed by atoms with Crippen molar-refractivity contribution in [1.82, 2.24) is 15.5 Å². The second-order valence-electron chi connectivity index (χ2n) is 3.92. The lowest BCUT2D eigenvalue weighted by molar-refractivity contribution is -0.118. The summed E-state index contributed by atoms with van der Waals surface area (Å²) in [5, 5.41) is 5.56. The Morgan fingerprint density at radius 3 is 2.86 bits per heavy atom. The van der Waals surface area contributed by atoms with E-state index in [-0.39, 0.29) is 18.5 Å². The molecular weight excluding hydrogens is 182 g/mol. The molecule has 0 spiro atoms. The Labute approximate surface area is 82.8 Å². The summed E-state index contributed by atoms with van der Waals surface area (Å²) in [6.45, 7) is 3.06. The molecule has 78 valence electrons. The normalized spacial score (nSPS) is 27.1. The van der Waals surface area contributed by atoms with E-state index in [0.29, 0.717) is 12.5 Å². The van der Waals surface area contributed by atoms with Crippen molar-refractivity contribution >= 4 is 11.9 Å². The van der Waals surface area contributed by atoms with Crippen molar-refractivity contribution in [2.24, 2.45) is 5.92 Å². The number of nitrogens with one attached hydrogen (secondary N) is 2. The Bertz CT molecular complexity index is 248. The predicted octanol–water partition coefficient (Wildman–Crippen LogP) is -0.462. The summed E-state index contributed by atoms with van der Waals surface area (Å²) in [5.41, 5.74) is 0. The van der Waals surface area contributed by atoms with Gasteiger partial charge in [-0.15, -0.1) is 0 Å². The van der Waals surface area contributed by atoms with Crippen LogP contribution in [0.4, 0.5) is 4.79 Å². The lowest BCUT2D eigenvalue weighted by Gasteiger charge is -2.15. The molecule has 14 heavy (non-hydrogen) atoms. The number of carbonyl (C=O) groups is 2. The largest absolute Gasteiger partial charge is 0.324 e. The predicted molar refractivity (Wildman–Crippen MR) is 50.7 cm³/mol. The third kappa shape index (κ3) is 2.04. The Morgan fingerprint density at radius 1 is 1.43 bits per heavy atom. The molecule has 0 bridgehead atoms. The first-order chi connectivity index (χ1) is 6.75. The maximum atomic E-state index is 11.2. The highest BCUT2D eigenvalue weighted by molar-refractivity contribution is 6.01. The molecule has 0 aromatic carbocycles. The third-order valence-electron chi connectivity index (χ3n) is 2.84. The van der Waals surface area contributed by atoms with Gasteiger partial charge in [0.1, 0.15) is 6.54 Å². The fraction of sp³-hybridized carbons (Fsp3) is 0.778. The van der Waals surface area contributed by atoms with Crippen LogP contribution in [0.25, 0.3) is 0 Å². The minimum atomic E-state index is -0.235. The van der Waals surface area contributed by atoms with Gasteiger partial charge in [0.15, 0.2) is 0 Å². The van der Waals surface area contributed by atoms with E-state index in [2.05, 4.69) is 10.6 Å². The highest BCUT2D eigenvalue weighted by atomic mass is 16.2. The Morgan fingerprint density at radius 2 is 2.29 bits per heavy atom. The molecule has 2 aliphatic rings. The van der Waals surface area contributed by atoms with Gasteiger partial charge in [0.2, 0.25) is 5.91 Å². The fourth-order valence-electron chi connectivity index (χ4n) is 1.96. The molecule has 2 rings (SSSR count). The molecule has 0 aliphatic carbocycles. The number of imide groups is 1. The van der Waals surface area contributed by atoms with Gasteiger partial charge in [0, 0.05) is 6.54 Å². The van der Waals surface area contributed by atoms with Crippen LogP contribution in [0.2, 0.25) is 0 Å². The Hall–Kier alpha value is -1.10. The van der Waals surface area contributed by atoms with Gasteiger partial charge in [-0.05, 0) is 31.8 Å². The maximum absolute atomic E-state index is 11.2. The van der Waals surface area contributed by atoms with E-state index in [0.717, 1.165) is 19.5 Å². The van der Waals surface area contributed by atoms with E-state index >= 15 is 0 Å². The molecule has 0 saturated carbocycles. The van der Waals surface area contributed by atoms with E-state index < -0.39 is 0 Å². The van der Waals surface area contributed by atoms with E-state index in [1.807, 2.05) is 0 Å². The van der Waals surface area contributed by atoms with Crippen molar-refractivity contribution in [1.29, 1.82) is 0 Å². The van der Waals surface area contributed by atoms with Crippen LogP contribution in [0.1, 0.15) is 12.8 Å². The van der Waals surface area contributed by atoms with Crippen molar-refractivity contribution < 1.29 is 9.59 Å². The highest BCUT2D eigenvalue weighted by Gasteiger charge is 2.27. The summed E-state index contributed by atoms with van der Waals surface area (Å²) >= 11 is 0. The van der Waals surface area contributed by atoms with Crippen LogP contribution in [0.15, 0.2) is 0 Å². The fourth-order valence-corrected chi connectivity index (χ4v) is 1.96. The number of nitrogens with zero attached hydrogens (tertiary/aromatic N) is 1. The molecule has 0 radical (unpaired) electrons. The topological polar surface area (TPSA) is 61.4 Å². The van der Waals surface area contributed by atoms with Crippen molar-refractivity contribution in [3.05, 3.63) is 0 Å². The molecule has 1 unspecified atom stereocenters.